The molecule has 0 aromatic rings. The lowest BCUT2D eigenvalue weighted by molar-refractivity contribution is 0.258. The number of carbonyl (C=O) groups excluding carboxylic acids is 1. The van der Waals surface area contributed by atoms with Crippen LogP contribution in [0.15, 0.2) is 12.2 Å². The Hall–Kier alpha value is -0.440. The minimum absolute atomic E-state index is 0.204. The van der Waals surface area contributed by atoms with Gasteiger partial charge >= 0.3 is 0 Å². The number of allylic oxidation sites excluding steroid dienone is 1. The number of carbonyl (C=O) groups is 1. The van der Waals surface area contributed by atoms with Crippen LogP contribution in [-0.4, -0.2) is 11.3 Å². The molecule has 1 unspecified atom stereocenters. The highest BCUT2D eigenvalue weighted by molar-refractivity contribution is 7.96. The van der Waals surface area contributed by atoms with E-state index in [0.717, 1.165) is 12.8 Å². The van der Waals surface area contributed by atoms with Gasteiger partial charge in [0, 0.05) is 6.04 Å². The van der Waals surface area contributed by atoms with Gasteiger partial charge in [-0.1, -0.05) is 37.6 Å². The first-order chi connectivity index (χ1) is 5.79. The van der Waals surface area contributed by atoms with Crippen LogP contribution < -0.4 is 5.32 Å². The summed E-state index contributed by atoms with van der Waals surface area (Å²) in [5.41, 5.74) is 0. The summed E-state index contributed by atoms with van der Waals surface area (Å²) in [5.74, 6) is 0. The minimum Gasteiger partial charge on any atom is -0.341 e. The van der Waals surface area contributed by atoms with Gasteiger partial charge in [0.25, 0.3) is 5.24 Å². The van der Waals surface area contributed by atoms with E-state index in [2.05, 4.69) is 30.1 Å². The number of amides is 1. The molecule has 0 saturated carbocycles. The molecule has 1 aliphatic rings. The van der Waals surface area contributed by atoms with Gasteiger partial charge in [0.2, 0.25) is 0 Å². The lowest BCUT2D eigenvalue weighted by Crippen LogP contribution is -2.29. The molecule has 0 heterocycles. The molecule has 1 atom stereocenters. The second-order valence-corrected chi connectivity index (χ2v) is 3.53. The van der Waals surface area contributed by atoms with Crippen molar-refractivity contribution in [2.45, 2.75) is 38.1 Å². The molecule has 2 nitrogen and oxygen atoms in total. The highest BCUT2D eigenvalue weighted by Gasteiger charge is 2.07. The fraction of sp³-hybridized carbons (Fsp3) is 0.667. The zero-order valence-electron chi connectivity index (χ0n) is 7.12. The topological polar surface area (TPSA) is 29.1 Å². The summed E-state index contributed by atoms with van der Waals surface area (Å²) in [6, 6.07) is 0.204. The van der Waals surface area contributed by atoms with E-state index in [9.17, 15) is 4.79 Å². The molecule has 0 bridgehead atoms. The van der Waals surface area contributed by atoms with Gasteiger partial charge in [-0.05, 0) is 19.3 Å². The van der Waals surface area contributed by atoms with Crippen molar-refractivity contribution in [1.82, 2.24) is 5.32 Å². The van der Waals surface area contributed by atoms with E-state index in [4.69, 9.17) is 0 Å². The van der Waals surface area contributed by atoms with Gasteiger partial charge < -0.3 is 5.32 Å². The average molecular weight is 185 g/mol. The largest absolute Gasteiger partial charge is 0.341 e. The molecule has 0 aromatic carbocycles. The molecule has 1 aliphatic carbocycles. The van der Waals surface area contributed by atoms with Crippen molar-refractivity contribution in [3.8, 4) is 0 Å². The fourth-order valence-electron chi connectivity index (χ4n) is 1.44. The van der Waals surface area contributed by atoms with Gasteiger partial charge in [-0.15, -0.1) is 0 Å². The summed E-state index contributed by atoms with van der Waals surface area (Å²) in [4.78, 5) is 10.6. The van der Waals surface area contributed by atoms with E-state index < -0.39 is 0 Å². The summed E-state index contributed by atoms with van der Waals surface area (Å²) >= 11 is 3.69. The van der Waals surface area contributed by atoms with Gasteiger partial charge in [-0.2, -0.15) is 0 Å². The molecular formula is C9H15NOS. The Morgan fingerprint density at radius 3 is 3.00 bits per heavy atom. The van der Waals surface area contributed by atoms with Crippen LogP contribution in [-0.2, 0) is 0 Å². The minimum atomic E-state index is -0.231. The average Bonchev–Trinajstić information content (AvgIpc) is 1.93. The first-order valence-electron chi connectivity index (χ1n) is 4.45. The van der Waals surface area contributed by atoms with Crippen LogP contribution in [0.3, 0.4) is 0 Å². The monoisotopic (exact) mass is 185 g/mol. The maximum absolute atomic E-state index is 10.6. The van der Waals surface area contributed by atoms with Gasteiger partial charge in [0.05, 0.1) is 0 Å². The van der Waals surface area contributed by atoms with Crippen molar-refractivity contribution >= 4 is 17.9 Å². The Morgan fingerprint density at radius 1 is 1.42 bits per heavy atom. The van der Waals surface area contributed by atoms with E-state index in [1.807, 2.05) is 0 Å². The Balaban J connectivity index is 2.38. The predicted octanol–water partition coefficient (Wildman–Crippen LogP) is 2.51. The molecule has 0 aliphatic heterocycles. The quantitative estimate of drug-likeness (QED) is 0.477. The van der Waals surface area contributed by atoms with Crippen LogP contribution in [0, 0.1) is 0 Å². The van der Waals surface area contributed by atoms with E-state index in [1.54, 1.807) is 0 Å². The summed E-state index contributed by atoms with van der Waals surface area (Å²) < 4.78 is 0. The van der Waals surface area contributed by atoms with E-state index in [-0.39, 0.29) is 11.3 Å². The molecule has 12 heavy (non-hydrogen) atoms. The normalized spacial score (nSPS) is 26.9. The third-order valence-electron chi connectivity index (χ3n) is 2.06. The lowest BCUT2D eigenvalue weighted by atomic mass is 10.0. The molecule has 3 heteroatoms. The highest BCUT2D eigenvalue weighted by Crippen LogP contribution is 2.11. The van der Waals surface area contributed by atoms with Crippen molar-refractivity contribution in [2.75, 3.05) is 0 Å². The fourth-order valence-corrected chi connectivity index (χ4v) is 1.60. The van der Waals surface area contributed by atoms with Crippen LogP contribution in [0.25, 0.3) is 0 Å². The van der Waals surface area contributed by atoms with Crippen LogP contribution in [0.2, 0.25) is 0 Å². The van der Waals surface area contributed by atoms with Gasteiger partial charge in [-0.3, -0.25) is 4.79 Å². The zero-order chi connectivity index (χ0) is 8.81. The molecule has 68 valence electrons. The van der Waals surface area contributed by atoms with Gasteiger partial charge in [0.15, 0.2) is 0 Å². The number of hydrogen-bond acceptors (Lipinski definition) is 1. The Bertz CT molecular complexity index is 179. The predicted molar refractivity (Wildman–Crippen MR) is 53.5 cm³/mol. The van der Waals surface area contributed by atoms with Crippen molar-refractivity contribution in [2.24, 2.45) is 0 Å². The summed E-state index contributed by atoms with van der Waals surface area (Å²) in [7, 11) is 0. The Labute approximate surface area is 78.8 Å². The summed E-state index contributed by atoms with van der Waals surface area (Å²) in [5, 5.41) is 2.56. The SMILES string of the molecule is O=C(S)NC1/C=C/CCCCC1. The second-order valence-electron chi connectivity index (χ2n) is 3.12. The Morgan fingerprint density at radius 2 is 2.25 bits per heavy atom. The maximum Gasteiger partial charge on any atom is 0.276 e. The van der Waals surface area contributed by atoms with Crippen LogP contribution in [0.5, 0.6) is 0 Å². The van der Waals surface area contributed by atoms with E-state index >= 15 is 0 Å². The second kappa shape index (κ2) is 5.25. The van der Waals surface area contributed by atoms with Crippen molar-refractivity contribution in [3.63, 3.8) is 0 Å². The van der Waals surface area contributed by atoms with Crippen molar-refractivity contribution < 1.29 is 4.79 Å². The molecular weight excluding hydrogens is 170 g/mol. The summed E-state index contributed by atoms with van der Waals surface area (Å²) in [6.45, 7) is 0. The molecule has 0 fully saturated rings. The molecule has 0 saturated heterocycles. The standard InChI is InChI=1S/C9H15NOS/c11-9(12)10-8-6-4-2-1-3-5-7-8/h4,6,8H,1-3,5,7H2,(H2,10,11,12)/b6-4+. The summed E-state index contributed by atoms with van der Waals surface area (Å²) in [6.07, 6.45) is 10.1. The van der Waals surface area contributed by atoms with Crippen LogP contribution in [0.1, 0.15) is 32.1 Å². The molecule has 0 radical (unpaired) electrons. The molecule has 1 N–H and O–H groups in total. The first kappa shape index (κ1) is 9.65. The third-order valence-corrected chi connectivity index (χ3v) is 2.19. The van der Waals surface area contributed by atoms with Crippen LogP contribution in [0.4, 0.5) is 4.79 Å². The number of nitrogens with one attached hydrogen (secondary N) is 1. The number of hydrogen-bond donors (Lipinski definition) is 2. The third kappa shape index (κ3) is 3.81. The molecule has 1 amide bonds. The zero-order valence-corrected chi connectivity index (χ0v) is 8.02. The Kier molecular flexibility index (Phi) is 4.22. The van der Waals surface area contributed by atoms with Crippen LogP contribution >= 0.6 is 12.6 Å². The smallest absolute Gasteiger partial charge is 0.276 e. The maximum atomic E-state index is 10.6. The van der Waals surface area contributed by atoms with E-state index in [0.29, 0.717) is 0 Å². The lowest BCUT2D eigenvalue weighted by Gasteiger charge is -2.14. The highest BCUT2D eigenvalue weighted by atomic mass is 32.1. The van der Waals surface area contributed by atoms with Crippen molar-refractivity contribution in [1.29, 1.82) is 0 Å². The molecule has 1 rings (SSSR count). The first-order valence-corrected chi connectivity index (χ1v) is 4.90. The van der Waals surface area contributed by atoms with Crippen molar-refractivity contribution in [3.05, 3.63) is 12.2 Å². The van der Waals surface area contributed by atoms with Gasteiger partial charge in [-0.25, -0.2) is 0 Å². The van der Waals surface area contributed by atoms with E-state index in [1.165, 1.54) is 19.3 Å². The molecule has 0 aromatic heterocycles. The number of rotatable bonds is 1. The molecule has 0 spiro atoms. The number of thiol groups is 1. The van der Waals surface area contributed by atoms with Gasteiger partial charge in [0.1, 0.15) is 0 Å².